The number of carbonyl (C=O) groups excluding carboxylic acids is 1. The van der Waals surface area contributed by atoms with Crippen molar-refractivity contribution >= 4 is 5.78 Å². The zero-order valence-corrected chi connectivity index (χ0v) is 14.7. The Labute approximate surface area is 126 Å². The molecular weight excluding hydrogens is 246 g/mol. The van der Waals surface area contributed by atoms with E-state index in [2.05, 4.69) is 53.8 Å². The van der Waals surface area contributed by atoms with Gasteiger partial charge >= 0.3 is 0 Å². The molecule has 118 valence electrons. The third kappa shape index (κ3) is 10.1. The minimum Gasteiger partial charge on any atom is -0.388 e. The minimum atomic E-state index is 0.259. The van der Waals surface area contributed by atoms with Gasteiger partial charge in [0.05, 0.1) is 0 Å². The van der Waals surface area contributed by atoms with Crippen molar-refractivity contribution in [2.45, 2.75) is 74.1 Å². The van der Waals surface area contributed by atoms with Crippen LogP contribution >= 0.6 is 0 Å². The molecule has 2 nitrogen and oxygen atoms in total. The van der Waals surface area contributed by atoms with Gasteiger partial charge in [0.1, 0.15) is 0 Å². The average molecular weight is 281 g/mol. The second kappa shape index (κ2) is 9.20. The first-order valence-corrected chi connectivity index (χ1v) is 8.14. The van der Waals surface area contributed by atoms with Crippen molar-refractivity contribution in [1.29, 1.82) is 0 Å². The summed E-state index contributed by atoms with van der Waals surface area (Å²) in [5.74, 6) is 1.09. The first-order chi connectivity index (χ1) is 9.15. The van der Waals surface area contributed by atoms with E-state index < -0.39 is 0 Å². The molecule has 2 heteroatoms. The summed E-state index contributed by atoms with van der Waals surface area (Å²) in [6.07, 6.45) is 5.91. The Morgan fingerprint density at radius 3 is 2.25 bits per heavy atom. The third-order valence-corrected chi connectivity index (χ3v) is 3.31. The van der Waals surface area contributed by atoms with Crippen molar-refractivity contribution in [2.75, 3.05) is 6.54 Å². The fraction of sp³-hybridized carbons (Fsp3) is 0.833. The zero-order chi connectivity index (χ0) is 15.8. The number of carbonyl (C=O) groups is 1. The molecule has 1 unspecified atom stereocenters. The van der Waals surface area contributed by atoms with Gasteiger partial charge in [-0.1, -0.05) is 54.9 Å². The van der Waals surface area contributed by atoms with Crippen molar-refractivity contribution in [3.05, 3.63) is 11.8 Å². The van der Waals surface area contributed by atoms with Crippen molar-refractivity contribution in [1.82, 2.24) is 5.32 Å². The van der Waals surface area contributed by atoms with E-state index in [0.29, 0.717) is 23.7 Å². The number of rotatable bonds is 9. The lowest BCUT2D eigenvalue weighted by molar-refractivity contribution is -0.115. The van der Waals surface area contributed by atoms with Crippen LogP contribution < -0.4 is 5.32 Å². The van der Waals surface area contributed by atoms with Crippen molar-refractivity contribution in [3.8, 4) is 0 Å². The Hall–Kier alpha value is -0.790. The van der Waals surface area contributed by atoms with Crippen LogP contribution in [0.3, 0.4) is 0 Å². The Kier molecular flexibility index (Phi) is 8.84. The highest BCUT2D eigenvalue weighted by atomic mass is 16.1. The number of nitrogens with one attached hydrogen (secondary N) is 1. The molecule has 0 aliphatic heterocycles. The molecule has 0 saturated carbocycles. The Morgan fingerprint density at radius 1 is 1.20 bits per heavy atom. The monoisotopic (exact) mass is 281 g/mol. The summed E-state index contributed by atoms with van der Waals surface area (Å²) in [4.78, 5) is 12.2. The number of unbranched alkanes of at least 4 members (excludes halogenated alkanes) is 1. The Morgan fingerprint density at radius 2 is 1.80 bits per heavy atom. The molecule has 0 amide bonds. The molecule has 0 spiro atoms. The molecular formula is C18H35NO. The maximum Gasteiger partial charge on any atom is 0.157 e. The van der Waals surface area contributed by atoms with Gasteiger partial charge in [0.25, 0.3) is 0 Å². The van der Waals surface area contributed by atoms with E-state index in [1.807, 2.05) is 6.08 Å². The first-order valence-electron chi connectivity index (χ1n) is 8.14. The van der Waals surface area contributed by atoms with Crippen LogP contribution in [-0.2, 0) is 4.79 Å². The smallest absolute Gasteiger partial charge is 0.157 e. The van der Waals surface area contributed by atoms with Gasteiger partial charge in [0, 0.05) is 24.7 Å². The highest BCUT2D eigenvalue weighted by Crippen LogP contribution is 2.26. The van der Waals surface area contributed by atoms with Gasteiger partial charge in [-0.2, -0.15) is 0 Å². The lowest BCUT2D eigenvalue weighted by atomic mass is 9.83. The molecule has 0 fully saturated rings. The van der Waals surface area contributed by atoms with Crippen LogP contribution in [0.15, 0.2) is 11.8 Å². The van der Waals surface area contributed by atoms with E-state index in [-0.39, 0.29) is 5.78 Å². The van der Waals surface area contributed by atoms with E-state index in [1.54, 1.807) is 0 Å². The molecule has 0 heterocycles. The summed E-state index contributed by atoms with van der Waals surface area (Å²) in [5, 5.41) is 3.41. The molecule has 1 atom stereocenters. The lowest BCUT2D eigenvalue weighted by Crippen LogP contribution is -2.20. The van der Waals surface area contributed by atoms with E-state index >= 15 is 0 Å². The first kappa shape index (κ1) is 19.2. The van der Waals surface area contributed by atoms with E-state index in [1.165, 1.54) is 6.42 Å². The number of hydrogen-bond acceptors (Lipinski definition) is 2. The minimum absolute atomic E-state index is 0.259. The topological polar surface area (TPSA) is 29.1 Å². The molecule has 0 aromatic rings. The van der Waals surface area contributed by atoms with Crippen molar-refractivity contribution in [2.24, 2.45) is 17.3 Å². The maximum absolute atomic E-state index is 12.2. The van der Waals surface area contributed by atoms with Crippen LogP contribution in [0.2, 0.25) is 0 Å². The predicted octanol–water partition coefficient (Wildman–Crippen LogP) is 4.95. The van der Waals surface area contributed by atoms with Gasteiger partial charge < -0.3 is 5.32 Å². The van der Waals surface area contributed by atoms with Gasteiger partial charge in [-0.15, -0.1) is 0 Å². The van der Waals surface area contributed by atoms with Crippen LogP contribution in [0.1, 0.15) is 74.1 Å². The van der Waals surface area contributed by atoms with Crippen LogP contribution in [0.25, 0.3) is 0 Å². The van der Waals surface area contributed by atoms with Gasteiger partial charge in [0.15, 0.2) is 5.78 Å². The molecule has 1 N–H and O–H groups in total. The van der Waals surface area contributed by atoms with E-state index in [9.17, 15) is 4.79 Å². The molecule has 0 rings (SSSR count). The SMILES string of the molecule is CCCCNC(=CC(=O)CC(C)CC(C)(C)C)C(C)C. The second-order valence-electron chi connectivity index (χ2n) is 7.58. The fourth-order valence-corrected chi connectivity index (χ4v) is 2.52. The summed E-state index contributed by atoms with van der Waals surface area (Å²) in [6, 6.07) is 0. The summed E-state index contributed by atoms with van der Waals surface area (Å²) in [7, 11) is 0. The predicted molar refractivity (Wildman–Crippen MR) is 88.7 cm³/mol. The molecule has 0 saturated heterocycles. The Bertz CT molecular complexity index is 310. The van der Waals surface area contributed by atoms with Crippen LogP contribution in [-0.4, -0.2) is 12.3 Å². The van der Waals surface area contributed by atoms with Gasteiger partial charge in [-0.25, -0.2) is 0 Å². The maximum atomic E-state index is 12.2. The summed E-state index contributed by atoms with van der Waals surface area (Å²) in [6.45, 7) is 16.3. The second-order valence-corrected chi connectivity index (χ2v) is 7.58. The van der Waals surface area contributed by atoms with Crippen molar-refractivity contribution < 1.29 is 4.79 Å². The highest BCUT2D eigenvalue weighted by molar-refractivity contribution is 5.90. The van der Waals surface area contributed by atoms with Crippen molar-refractivity contribution in [3.63, 3.8) is 0 Å². The van der Waals surface area contributed by atoms with Crippen LogP contribution in [0, 0.1) is 17.3 Å². The molecule has 0 radical (unpaired) electrons. The van der Waals surface area contributed by atoms with Crippen LogP contribution in [0.4, 0.5) is 0 Å². The Balaban J connectivity index is 4.44. The molecule has 0 aliphatic rings. The van der Waals surface area contributed by atoms with E-state index in [4.69, 9.17) is 0 Å². The number of allylic oxidation sites excluding steroid dienone is 2. The molecule has 0 bridgehead atoms. The van der Waals surface area contributed by atoms with E-state index in [0.717, 1.165) is 25.1 Å². The largest absolute Gasteiger partial charge is 0.388 e. The standard InChI is InChI=1S/C18H35NO/c1-8-9-10-19-17(14(2)3)12-16(20)11-15(4)13-18(5,6)7/h12,14-15,19H,8-11,13H2,1-7H3. The van der Waals surface area contributed by atoms with Crippen LogP contribution in [0.5, 0.6) is 0 Å². The molecule has 0 aromatic carbocycles. The third-order valence-electron chi connectivity index (χ3n) is 3.31. The fourth-order valence-electron chi connectivity index (χ4n) is 2.52. The van der Waals surface area contributed by atoms with Gasteiger partial charge in [-0.05, 0) is 30.1 Å². The van der Waals surface area contributed by atoms with Gasteiger partial charge in [0.2, 0.25) is 0 Å². The number of hydrogen-bond donors (Lipinski definition) is 1. The van der Waals surface area contributed by atoms with Gasteiger partial charge in [-0.3, -0.25) is 4.79 Å². The summed E-state index contributed by atoms with van der Waals surface area (Å²) >= 11 is 0. The highest BCUT2D eigenvalue weighted by Gasteiger charge is 2.17. The quantitative estimate of drug-likeness (QED) is 0.478. The average Bonchev–Trinajstić information content (AvgIpc) is 2.24. The summed E-state index contributed by atoms with van der Waals surface area (Å²) < 4.78 is 0. The molecule has 20 heavy (non-hydrogen) atoms. The molecule has 0 aromatic heterocycles. The summed E-state index contributed by atoms with van der Waals surface area (Å²) in [5.41, 5.74) is 1.38. The lowest BCUT2D eigenvalue weighted by Gasteiger charge is -2.22. The number of ketones is 1. The molecule has 0 aliphatic carbocycles. The normalized spacial score (nSPS) is 14.5. The zero-order valence-electron chi connectivity index (χ0n) is 14.7.